The van der Waals surface area contributed by atoms with Crippen LogP contribution in [0.2, 0.25) is 0 Å². The van der Waals surface area contributed by atoms with Gasteiger partial charge in [-0.05, 0) is 60.7 Å². The summed E-state index contributed by atoms with van der Waals surface area (Å²) in [6.45, 7) is 1.48. The molecule has 0 saturated heterocycles. The first kappa shape index (κ1) is 32.2. The van der Waals surface area contributed by atoms with Crippen molar-refractivity contribution in [1.29, 1.82) is 0 Å². The SMILES string of the molecule is Cc1ccccc1CN(C(=O)CN(c1ccc(F)cc1)S(=O)(=O)N(C)C)C(Cc1ccccc1)C(=O)NC1CCCCC1. The third-order valence-corrected chi connectivity index (χ3v) is 9.78. The fraction of sp³-hybridized carbons (Fsp3) is 0.394. The molecule has 1 atom stereocenters. The van der Waals surface area contributed by atoms with Crippen molar-refractivity contribution in [3.8, 4) is 0 Å². The van der Waals surface area contributed by atoms with E-state index in [2.05, 4.69) is 5.32 Å². The summed E-state index contributed by atoms with van der Waals surface area (Å²) in [6, 6.07) is 21.2. The van der Waals surface area contributed by atoms with Gasteiger partial charge >= 0.3 is 10.2 Å². The predicted octanol–water partition coefficient (Wildman–Crippen LogP) is 4.84. The molecule has 0 heterocycles. The van der Waals surface area contributed by atoms with E-state index in [9.17, 15) is 22.4 Å². The lowest BCUT2D eigenvalue weighted by molar-refractivity contribution is -0.140. The number of carbonyl (C=O) groups is 2. The average molecular weight is 609 g/mol. The van der Waals surface area contributed by atoms with Crippen molar-refractivity contribution in [2.24, 2.45) is 0 Å². The molecule has 0 spiro atoms. The Kier molecular flexibility index (Phi) is 10.9. The Morgan fingerprint density at radius 1 is 0.907 bits per heavy atom. The highest BCUT2D eigenvalue weighted by atomic mass is 32.2. The zero-order valence-corrected chi connectivity index (χ0v) is 25.9. The molecule has 1 aliphatic carbocycles. The second kappa shape index (κ2) is 14.6. The standard InChI is InChI=1S/C33H41FN4O4S/c1-25-12-10-11-15-27(25)23-37(32(39)24-38(43(41,42)36(2)3)30-20-18-28(34)19-21-30)31(22-26-13-6-4-7-14-26)33(40)35-29-16-8-5-9-17-29/h4,6-7,10-15,18-21,29,31H,5,8-9,16-17,22-24H2,1-3H3,(H,35,40). The normalized spacial score (nSPS) is 14.7. The van der Waals surface area contributed by atoms with Crippen molar-refractivity contribution in [2.45, 2.75) is 64.1 Å². The van der Waals surface area contributed by atoms with Crippen molar-refractivity contribution in [3.05, 3.63) is 101 Å². The minimum atomic E-state index is -4.15. The molecule has 43 heavy (non-hydrogen) atoms. The van der Waals surface area contributed by atoms with E-state index in [0.717, 1.165) is 69.5 Å². The molecular formula is C33H41FN4O4S. The highest BCUT2D eigenvalue weighted by Gasteiger charge is 2.35. The van der Waals surface area contributed by atoms with Gasteiger partial charge in [-0.2, -0.15) is 12.7 Å². The molecule has 230 valence electrons. The number of amides is 2. The maximum Gasteiger partial charge on any atom is 0.304 e. The lowest BCUT2D eigenvalue weighted by atomic mass is 9.94. The molecule has 1 aliphatic rings. The number of hydrogen-bond acceptors (Lipinski definition) is 4. The first-order valence-corrected chi connectivity index (χ1v) is 16.1. The van der Waals surface area contributed by atoms with Crippen LogP contribution in [0, 0.1) is 12.7 Å². The summed E-state index contributed by atoms with van der Waals surface area (Å²) in [6.07, 6.45) is 5.24. The Morgan fingerprint density at radius 3 is 2.16 bits per heavy atom. The molecule has 0 aliphatic heterocycles. The monoisotopic (exact) mass is 608 g/mol. The van der Waals surface area contributed by atoms with Crippen LogP contribution in [0.5, 0.6) is 0 Å². The number of benzene rings is 3. The van der Waals surface area contributed by atoms with Crippen LogP contribution < -0.4 is 9.62 Å². The Hall–Kier alpha value is -3.76. The van der Waals surface area contributed by atoms with Gasteiger partial charge in [0.15, 0.2) is 0 Å². The van der Waals surface area contributed by atoms with E-state index in [0.29, 0.717) is 0 Å². The van der Waals surface area contributed by atoms with Crippen molar-refractivity contribution in [1.82, 2.24) is 14.5 Å². The van der Waals surface area contributed by atoms with Crippen LogP contribution in [0.3, 0.4) is 0 Å². The Balaban J connectivity index is 1.75. The minimum Gasteiger partial charge on any atom is -0.352 e. The van der Waals surface area contributed by atoms with Gasteiger partial charge in [0.1, 0.15) is 18.4 Å². The van der Waals surface area contributed by atoms with Crippen LogP contribution in [-0.2, 0) is 32.8 Å². The highest BCUT2D eigenvalue weighted by molar-refractivity contribution is 7.90. The lowest BCUT2D eigenvalue weighted by Gasteiger charge is -2.35. The Bertz CT molecular complexity index is 1480. The van der Waals surface area contributed by atoms with Gasteiger partial charge in [-0.3, -0.25) is 9.59 Å². The van der Waals surface area contributed by atoms with E-state index >= 15 is 0 Å². The Labute approximate surface area is 254 Å². The smallest absolute Gasteiger partial charge is 0.304 e. The van der Waals surface area contributed by atoms with Gasteiger partial charge in [-0.15, -0.1) is 0 Å². The number of aryl methyl sites for hydroxylation is 1. The van der Waals surface area contributed by atoms with Crippen molar-refractivity contribution in [3.63, 3.8) is 0 Å². The summed E-state index contributed by atoms with van der Waals surface area (Å²) in [7, 11) is -1.40. The molecule has 1 fully saturated rings. The molecule has 4 rings (SSSR count). The largest absolute Gasteiger partial charge is 0.352 e. The number of halogens is 1. The van der Waals surface area contributed by atoms with Crippen LogP contribution in [-0.4, -0.2) is 62.2 Å². The molecule has 1 N–H and O–H groups in total. The predicted molar refractivity (Wildman–Crippen MR) is 167 cm³/mol. The van der Waals surface area contributed by atoms with E-state index < -0.39 is 34.5 Å². The van der Waals surface area contributed by atoms with Crippen LogP contribution in [0.15, 0.2) is 78.9 Å². The van der Waals surface area contributed by atoms with Crippen molar-refractivity contribution < 1.29 is 22.4 Å². The number of rotatable bonds is 12. The number of anilines is 1. The summed E-state index contributed by atoms with van der Waals surface area (Å²) < 4.78 is 42.6. The third kappa shape index (κ3) is 8.42. The zero-order valence-electron chi connectivity index (χ0n) is 25.1. The first-order valence-electron chi connectivity index (χ1n) is 14.7. The number of carbonyl (C=O) groups excluding carboxylic acids is 2. The molecule has 10 heteroatoms. The molecule has 0 radical (unpaired) electrons. The molecule has 3 aromatic carbocycles. The maximum absolute atomic E-state index is 14.4. The maximum atomic E-state index is 14.4. The fourth-order valence-electron chi connectivity index (χ4n) is 5.39. The molecule has 1 unspecified atom stereocenters. The van der Waals surface area contributed by atoms with Gasteiger partial charge in [-0.25, -0.2) is 8.70 Å². The van der Waals surface area contributed by atoms with E-state index in [4.69, 9.17) is 0 Å². The molecule has 1 saturated carbocycles. The second-order valence-corrected chi connectivity index (χ2v) is 13.3. The lowest BCUT2D eigenvalue weighted by Crippen LogP contribution is -2.55. The summed E-state index contributed by atoms with van der Waals surface area (Å²) >= 11 is 0. The summed E-state index contributed by atoms with van der Waals surface area (Å²) in [4.78, 5) is 29.9. The van der Waals surface area contributed by atoms with Gasteiger partial charge in [-0.1, -0.05) is 73.9 Å². The number of hydrogen-bond donors (Lipinski definition) is 1. The Morgan fingerprint density at radius 2 is 1.53 bits per heavy atom. The van der Waals surface area contributed by atoms with E-state index in [1.165, 1.54) is 31.1 Å². The van der Waals surface area contributed by atoms with Gasteiger partial charge in [0, 0.05) is 33.1 Å². The first-order chi connectivity index (χ1) is 20.6. The molecule has 8 nitrogen and oxygen atoms in total. The van der Waals surface area contributed by atoms with Gasteiger partial charge in [0.05, 0.1) is 5.69 Å². The average Bonchev–Trinajstić information content (AvgIpc) is 3.00. The van der Waals surface area contributed by atoms with Crippen molar-refractivity contribution >= 4 is 27.7 Å². The van der Waals surface area contributed by atoms with Gasteiger partial charge < -0.3 is 10.2 Å². The summed E-state index contributed by atoms with van der Waals surface area (Å²) in [5, 5.41) is 3.20. The second-order valence-electron chi connectivity index (χ2n) is 11.3. The van der Waals surface area contributed by atoms with Crippen LogP contribution in [0.4, 0.5) is 10.1 Å². The van der Waals surface area contributed by atoms with E-state index in [1.54, 1.807) is 0 Å². The zero-order chi connectivity index (χ0) is 31.0. The van der Waals surface area contributed by atoms with Gasteiger partial charge in [0.2, 0.25) is 11.8 Å². The topological polar surface area (TPSA) is 90.0 Å². The number of nitrogens with one attached hydrogen (secondary N) is 1. The van der Waals surface area contributed by atoms with Crippen molar-refractivity contribution in [2.75, 3.05) is 24.9 Å². The molecule has 0 aromatic heterocycles. The minimum absolute atomic E-state index is 0.0276. The van der Waals surface area contributed by atoms with Crippen LogP contribution >= 0.6 is 0 Å². The molecule has 3 aromatic rings. The third-order valence-electron chi connectivity index (χ3n) is 7.96. The molecule has 2 amide bonds. The fourth-order valence-corrected chi connectivity index (χ4v) is 6.45. The molecular weight excluding hydrogens is 567 g/mol. The summed E-state index contributed by atoms with van der Waals surface area (Å²) in [5.41, 5.74) is 2.82. The molecule has 0 bridgehead atoms. The summed E-state index contributed by atoms with van der Waals surface area (Å²) in [5.74, 6) is -1.33. The quantitative estimate of drug-likeness (QED) is 0.319. The van der Waals surface area contributed by atoms with E-state index in [1.807, 2.05) is 61.5 Å². The van der Waals surface area contributed by atoms with Crippen LogP contribution in [0.1, 0.15) is 48.8 Å². The van der Waals surface area contributed by atoms with E-state index in [-0.39, 0.29) is 30.6 Å². The highest BCUT2D eigenvalue weighted by Crippen LogP contribution is 2.24. The van der Waals surface area contributed by atoms with Gasteiger partial charge in [0.25, 0.3) is 0 Å². The number of nitrogens with zero attached hydrogens (tertiary/aromatic N) is 3. The van der Waals surface area contributed by atoms with Crippen LogP contribution in [0.25, 0.3) is 0 Å².